The van der Waals surface area contributed by atoms with Crippen LogP contribution in [-0.4, -0.2) is 5.54 Å². The van der Waals surface area contributed by atoms with Crippen LogP contribution in [0.4, 0.5) is 4.39 Å². The van der Waals surface area contributed by atoms with Crippen LogP contribution in [-0.2, 0) is 6.42 Å². The Labute approximate surface area is 98.0 Å². The maximum atomic E-state index is 13.7. The quantitative estimate of drug-likeness (QED) is 0.897. The van der Waals surface area contributed by atoms with Crippen molar-refractivity contribution in [1.82, 2.24) is 0 Å². The molecule has 1 saturated carbocycles. The van der Waals surface area contributed by atoms with Crippen LogP contribution in [0, 0.1) is 12.7 Å². The van der Waals surface area contributed by atoms with Gasteiger partial charge in [-0.1, -0.05) is 15.9 Å². The van der Waals surface area contributed by atoms with Crippen molar-refractivity contribution in [2.45, 2.75) is 38.1 Å². The fraction of sp³-hybridized carbons (Fsp3) is 0.500. The number of hydrogen-bond acceptors (Lipinski definition) is 1. The van der Waals surface area contributed by atoms with Crippen LogP contribution in [0.2, 0.25) is 0 Å². The van der Waals surface area contributed by atoms with Gasteiger partial charge in [-0.05, 0) is 55.9 Å². The first-order valence-electron chi connectivity index (χ1n) is 5.24. The van der Waals surface area contributed by atoms with Gasteiger partial charge in [-0.15, -0.1) is 0 Å². The van der Waals surface area contributed by atoms with Crippen LogP contribution >= 0.6 is 15.9 Å². The SMILES string of the molecule is Cc1cc(Br)cc(CCC2(N)CC2)c1F. The van der Waals surface area contributed by atoms with Gasteiger partial charge in [0.2, 0.25) is 0 Å². The minimum Gasteiger partial charge on any atom is -0.325 e. The Morgan fingerprint density at radius 2 is 2.13 bits per heavy atom. The van der Waals surface area contributed by atoms with Crippen LogP contribution in [0.5, 0.6) is 0 Å². The highest BCUT2D eigenvalue weighted by Gasteiger charge is 2.37. The van der Waals surface area contributed by atoms with Gasteiger partial charge in [0.15, 0.2) is 0 Å². The molecular weight excluding hydrogens is 257 g/mol. The maximum Gasteiger partial charge on any atom is 0.129 e. The highest BCUT2D eigenvalue weighted by atomic mass is 79.9. The van der Waals surface area contributed by atoms with Gasteiger partial charge in [-0.2, -0.15) is 0 Å². The first kappa shape index (κ1) is 11.1. The fourth-order valence-electron chi connectivity index (χ4n) is 1.77. The monoisotopic (exact) mass is 271 g/mol. The number of hydrogen-bond donors (Lipinski definition) is 1. The Morgan fingerprint density at radius 1 is 1.47 bits per heavy atom. The molecule has 0 spiro atoms. The van der Waals surface area contributed by atoms with Crippen LogP contribution in [0.15, 0.2) is 16.6 Å². The lowest BCUT2D eigenvalue weighted by Crippen LogP contribution is -2.22. The highest BCUT2D eigenvalue weighted by Crippen LogP contribution is 2.37. The van der Waals surface area contributed by atoms with E-state index in [0.29, 0.717) is 5.56 Å². The number of halogens is 2. The van der Waals surface area contributed by atoms with E-state index in [1.165, 1.54) is 0 Å². The van der Waals surface area contributed by atoms with E-state index in [1.807, 2.05) is 6.07 Å². The molecule has 1 aromatic rings. The Morgan fingerprint density at radius 3 is 2.73 bits per heavy atom. The zero-order valence-corrected chi connectivity index (χ0v) is 10.4. The zero-order valence-electron chi connectivity index (χ0n) is 8.82. The summed E-state index contributed by atoms with van der Waals surface area (Å²) >= 11 is 3.39. The molecule has 1 aliphatic carbocycles. The van der Waals surface area contributed by atoms with Gasteiger partial charge in [-0.3, -0.25) is 0 Å². The van der Waals surface area contributed by atoms with Crippen molar-refractivity contribution in [3.05, 3.63) is 33.5 Å². The third-order valence-corrected chi connectivity index (χ3v) is 3.54. The van der Waals surface area contributed by atoms with E-state index in [-0.39, 0.29) is 11.4 Å². The van der Waals surface area contributed by atoms with Crippen LogP contribution in [0.3, 0.4) is 0 Å². The minimum atomic E-state index is -0.0811. The summed E-state index contributed by atoms with van der Waals surface area (Å²) < 4.78 is 14.7. The second-order valence-electron chi connectivity index (χ2n) is 4.56. The molecule has 15 heavy (non-hydrogen) atoms. The average molecular weight is 272 g/mol. The average Bonchev–Trinajstić information content (AvgIpc) is 2.88. The Kier molecular flexibility index (Phi) is 2.86. The van der Waals surface area contributed by atoms with Crippen molar-refractivity contribution < 1.29 is 4.39 Å². The van der Waals surface area contributed by atoms with E-state index in [2.05, 4.69) is 15.9 Å². The summed E-state index contributed by atoms with van der Waals surface area (Å²) in [4.78, 5) is 0. The first-order chi connectivity index (χ1) is 7.00. The number of aryl methyl sites for hydroxylation is 2. The van der Waals surface area contributed by atoms with Gasteiger partial charge in [0.05, 0.1) is 0 Å². The smallest absolute Gasteiger partial charge is 0.129 e. The maximum absolute atomic E-state index is 13.7. The van der Waals surface area contributed by atoms with Gasteiger partial charge in [0, 0.05) is 10.0 Å². The summed E-state index contributed by atoms with van der Waals surface area (Å²) in [6, 6.07) is 3.66. The lowest BCUT2D eigenvalue weighted by Gasteiger charge is -2.10. The molecule has 0 aromatic heterocycles. The van der Waals surface area contributed by atoms with Crippen LogP contribution in [0.1, 0.15) is 30.4 Å². The lowest BCUT2D eigenvalue weighted by molar-refractivity contribution is 0.566. The molecule has 3 heteroatoms. The zero-order chi connectivity index (χ0) is 11.1. The molecule has 2 N–H and O–H groups in total. The molecule has 1 nitrogen and oxygen atoms in total. The molecule has 0 unspecified atom stereocenters. The van der Waals surface area contributed by atoms with Crippen molar-refractivity contribution >= 4 is 15.9 Å². The molecule has 2 rings (SSSR count). The van der Waals surface area contributed by atoms with Gasteiger partial charge in [0.25, 0.3) is 0 Å². The number of nitrogens with two attached hydrogens (primary N) is 1. The highest BCUT2D eigenvalue weighted by molar-refractivity contribution is 9.10. The molecule has 0 amide bonds. The molecule has 1 fully saturated rings. The van der Waals surface area contributed by atoms with Gasteiger partial charge in [-0.25, -0.2) is 4.39 Å². The van der Waals surface area contributed by atoms with Gasteiger partial charge in [0.1, 0.15) is 5.82 Å². The third kappa shape index (κ3) is 2.58. The second kappa shape index (κ2) is 3.87. The standard InChI is InChI=1S/C12H15BrFN/c1-8-6-10(13)7-9(11(8)14)2-3-12(15)4-5-12/h6-7H,2-5,15H2,1H3. The van der Waals surface area contributed by atoms with Crippen molar-refractivity contribution in [1.29, 1.82) is 0 Å². The van der Waals surface area contributed by atoms with E-state index in [9.17, 15) is 4.39 Å². The molecule has 0 bridgehead atoms. The summed E-state index contributed by atoms with van der Waals surface area (Å²) in [5.41, 5.74) is 7.46. The first-order valence-corrected chi connectivity index (χ1v) is 6.03. The topological polar surface area (TPSA) is 26.0 Å². The van der Waals surface area contributed by atoms with E-state index in [1.54, 1.807) is 13.0 Å². The molecular formula is C12H15BrFN. The number of benzene rings is 1. The molecule has 0 aliphatic heterocycles. The second-order valence-corrected chi connectivity index (χ2v) is 5.47. The van der Waals surface area contributed by atoms with Crippen molar-refractivity contribution in [3.63, 3.8) is 0 Å². The van der Waals surface area contributed by atoms with E-state index in [4.69, 9.17) is 5.73 Å². The van der Waals surface area contributed by atoms with E-state index < -0.39 is 0 Å². The minimum absolute atomic E-state index is 0.00264. The summed E-state index contributed by atoms with van der Waals surface area (Å²) in [5, 5.41) is 0. The molecule has 0 heterocycles. The summed E-state index contributed by atoms with van der Waals surface area (Å²) in [6.07, 6.45) is 3.80. The summed E-state index contributed by atoms with van der Waals surface area (Å²) in [6.45, 7) is 1.79. The molecule has 1 aliphatic rings. The van der Waals surface area contributed by atoms with E-state index >= 15 is 0 Å². The Hall–Kier alpha value is -0.410. The van der Waals surface area contributed by atoms with E-state index in [0.717, 1.165) is 35.7 Å². The summed E-state index contributed by atoms with van der Waals surface area (Å²) in [7, 11) is 0. The Bertz CT molecular complexity index is 385. The fourth-order valence-corrected chi connectivity index (χ4v) is 2.39. The predicted octanol–water partition coefficient (Wildman–Crippen LogP) is 3.32. The van der Waals surface area contributed by atoms with Gasteiger partial charge < -0.3 is 5.73 Å². The van der Waals surface area contributed by atoms with Crippen molar-refractivity contribution in [2.24, 2.45) is 5.73 Å². The normalized spacial score (nSPS) is 17.9. The third-order valence-electron chi connectivity index (χ3n) is 3.08. The van der Waals surface area contributed by atoms with Crippen molar-refractivity contribution in [3.8, 4) is 0 Å². The molecule has 0 atom stereocenters. The summed E-state index contributed by atoms with van der Waals surface area (Å²) in [5.74, 6) is -0.0811. The largest absolute Gasteiger partial charge is 0.325 e. The van der Waals surface area contributed by atoms with Crippen LogP contribution in [0.25, 0.3) is 0 Å². The van der Waals surface area contributed by atoms with Gasteiger partial charge >= 0.3 is 0 Å². The Balaban J connectivity index is 2.13. The molecule has 1 aromatic carbocycles. The molecule has 0 radical (unpaired) electrons. The van der Waals surface area contributed by atoms with Crippen LogP contribution < -0.4 is 5.73 Å². The number of rotatable bonds is 3. The molecule has 0 saturated heterocycles. The molecule has 82 valence electrons. The van der Waals surface area contributed by atoms with Crippen molar-refractivity contribution in [2.75, 3.05) is 0 Å². The predicted molar refractivity (Wildman–Crippen MR) is 63.3 cm³/mol. The lowest BCUT2D eigenvalue weighted by atomic mass is 10.0.